The maximum Gasteiger partial charge on any atom is 0.238 e. The van der Waals surface area contributed by atoms with Crippen molar-refractivity contribution in [1.29, 1.82) is 0 Å². The van der Waals surface area contributed by atoms with Gasteiger partial charge in [0.15, 0.2) is 0 Å². The molecule has 1 heterocycles. The van der Waals surface area contributed by atoms with Crippen LogP contribution < -0.4 is 10.6 Å². The van der Waals surface area contributed by atoms with Gasteiger partial charge >= 0.3 is 0 Å². The molecule has 0 saturated carbocycles. The molecular weight excluding hydrogens is 351 g/mol. The van der Waals surface area contributed by atoms with Crippen molar-refractivity contribution in [2.45, 2.75) is 23.1 Å². The van der Waals surface area contributed by atoms with Gasteiger partial charge in [-0.25, -0.2) is 4.39 Å². The number of hydrogen-bond donors (Lipinski definition) is 2. The third-order valence-electron chi connectivity index (χ3n) is 3.53. The predicted molar refractivity (Wildman–Crippen MR) is 92.6 cm³/mol. The van der Waals surface area contributed by atoms with E-state index in [9.17, 15) is 14.0 Å². The minimum atomic E-state index is -0.494. The summed E-state index contributed by atoms with van der Waals surface area (Å²) in [7, 11) is 0. The number of benzene rings is 2. The summed E-state index contributed by atoms with van der Waals surface area (Å²) in [6, 6.07) is 11.2. The van der Waals surface area contributed by atoms with Gasteiger partial charge in [-0.2, -0.15) is 0 Å². The number of hydrogen-bond acceptors (Lipinski definition) is 3. The summed E-state index contributed by atoms with van der Waals surface area (Å²) in [4.78, 5) is 25.1. The van der Waals surface area contributed by atoms with Crippen LogP contribution >= 0.6 is 23.4 Å². The van der Waals surface area contributed by atoms with Crippen LogP contribution in [0.1, 0.15) is 12.0 Å². The van der Waals surface area contributed by atoms with Crippen LogP contribution in [0.15, 0.2) is 47.4 Å². The average molecular weight is 365 g/mol. The molecule has 2 aromatic rings. The van der Waals surface area contributed by atoms with Crippen LogP contribution in [0.4, 0.5) is 10.1 Å². The summed E-state index contributed by atoms with van der Waals surface area (Å²) in [5, 5.41) is 5.57. The molecular formula is C17H14ClFN2O2S. The van der Waals surface area contributed by atoms with Crippen LogP contribution in [0.25, 0.3) is 0 Å². The van der Waals surface area contributed by atoms with E-state index in [2.05, 4.69) is 10.6 Å². The largest absolute Gasteiger partial charge is 0.352 e. The highest BCUT2D eigenvalue weighted by Gasteiger charge is 2.29. The first-order valence-corrected chi connectivity index (χ1v) is 8.55. The Hall–Kier alpha value is -2.05. The molecule has 0 saturated heterocycles. The van der Waals surface area contributed by atoms with Gasteiger partial charge in [-0.1, -0.05) is 23.7 Å². The van der Waals surface area contributed by atoms with E-state index in [4.69, 9.17) is 11.6 Å². The van der Waals surface area contributed by atoms with E-state index >= 15 is 0 Å². The third-order valence-corrected chi connectivity index (χ3v) is 5.05. The molecule has 24 heavy (non-hydrogen) atoms. The molecule has 1 aliphatic heterocycles. The quantitative estimate of drug-likeness (QED) is 0.871. The molecule has 1 unspecified atom stereocenters. The van der Waals surface area contributed by atoms with Gasteiger partial charge < -0.3 is 10.6 Å². The lowest BCUT2D eigenvalue weighted by atomic mass is 10.2. The van der Waals surface area contributed by atoms with E-state index in [0.29, 0.717) is 17.3 Å². The van der Waals surface area contributed by atoms with E-state index in [1.54, 1.807) is 24.3 Å². The second-order valence-electron chi connectivity index (χ2n) is 5.34. The fraction of sp³-hybridized carbons (Fsp3) is 0.176. The lowest BCUT2D eigenvalue weighted by Crippen LogP contribution is -2.34. The molecule has 2 amide bonds. The molecule has 4 nitrogen and oxygen atoms in total. The zero-order valence-electron chi connectivity index (χ0n) is 12.5. The molecule has 0 radical (unpaired) electrons. The van der Waals surface area contributed by atoms with Gasteiger partial charge in [-0.05, 0) is 35.9 Å². The Morgan fingerprint density at radius 1 is 1.25 bits per heavy atom. The molecule has 0 aliphatic carbocycles. The number of carbonyl (C=O) groups is 2. The molecule has 0 fully saturated rings. The second kappa shape index (κ2) is 7.23. The lowest BCUT2D eigenvalue weighted by molar-refractivity contribution is -0.124. The van der Waals surface area contributed by atoms with Gasteiger partial charge in [0.2, 0.25) is 11.8 Å². The van der Waals surface area contributed by atoms with Crippen molar-refractivity contribution in [3.8, 4) is 0 Å². The minimum absolute atomic E-state index is 0.0692. The van der Waals surface area contributed by atoms with Crippen LogP contribution in [0.3, 0.4) is 0 Å². The van der Waals surface area contributed by atoms with Crippen LogP contribution in [-0.2, 0) is 16.1 Å². The van der Waals surface area contributed by atoms with Gasteiger partial charge in [0, 0.05) is 22.9 Å². The number of nitrogens with one attached hydrogen (secondary N) is 2. The summed E-state index contributed by atoms with van der Waals surface area (Å²) in [6.07, 6.45) is 0.0692. The van der Waals surface area contributed by atoms with E-state index < -0.39 is 5.25 Å². The molecule has 3 rings (SSSR count). The maximum absolute atomic E-state index is 12.8. The Bertz CT molecular complexity index is 783. The number of anilines is 1. The molecule has 2 aromatic carbocycles. The number of thioether (sulfide) groups is 1. The van der Waals surface area contributed by atoms with Crippen molar-refractivity contribution in [3.05, 3.63) is 58.9 Å². The number of halogens is 2. The van der Waals surface area contributed by atoms with Crippen LogP contribution in [-0.4, -0.2) is 17.1 Å². The van der Waals surface area contributed by atoms with Crippen LogP contribution in [0.2, 0.25) is 5.02 Å². The number of amides is 2. The Kier molecular flexibility index (Phi) is 5.06. The van der Waals surface area contributed by atoms with Crippen LogP contribution in [0.5, 0.6) is 0 Å². The molecule has 1 aliphatic rings. The normalized spacial score (nSPS) is 16.2. The van der Waals surface area contributed by atoms with Crippen molar-refractivity contribution < 1.29 is 14.0 Å². The molecule has 0 spiro atoms. The van der Waals surface area contributed by atoms with Gasteiger partial charge in [0.1, 0.15) is 5.82 Å². The summed E-state index contributed by atoms with van der Waals surface area (Å²) in [5.74, 6) is -0.768. The van der Waals surface area contributed by atoms with Gasteiger partial charge in [0.05, 0.1) is 10.9 Å². The molecule has 2 N–H and O–H groups in total. The predicted octanol–water partition coefficient (Wildman–Crippen LogP) is 3.60. The lowest BCUT2D eigenvalue weighted by Gasteiger charge is -2.23. The van der Waals surface area contributed by atoms with Gasteiger partial charge in [-0.3, -0.25) is 9.59 Å². The first kappa shape index (κ1) is 16.8. The SMILES string of the molecule is O=C(CC1Sc2ccc(Cl)cc2NC1=O)NCc1ccc(F)cc1. The molecule has 7 heteroatoms. The number of fused-ring (bicyclic) bond motifs is 1. The second-order valence-corrected chi connectivity index (χ2v) is 7.02. The third kappa shape index (κ3) is 4.07. The Balaban J connectivity index is 1.57. The summed E-state index contributed by atoms with van der Waals surface area (Å²) in [5.41, 5.74) is 1.46. The van der Waals surface area contributed by atoms with E-state index in [0.717, 1.165) is 10.5 Å². The van der Waals surface area contributed by atoms with Crippen LogP contribution in [0, 0.1) is 5.82 Å². The van der Waals surface area contributed by atoms with E-state index in [1.165, 1.54) is 23.9 Å². The Labute approximate surface area is 147 Å². The molecule has 1 atom stereocenters. The highest BCUT2D eigenvalue weighted by molar-refractivity contribution is 8.01. The Morgan fingerprint density at radius 3 is 2.75 bits per heavy atom. The molecule has 0 aromatic heterocycles. The fourth-order valence-corrected chi connectivity index (χ4v) is 3.56. The summed E-state index contributed by atoms with van der Waals surface area (Å²) in [6.45, 7) is 0.296. The zero-order valence-corrected chi connectivity index (χ0v) is 14.1. The van der Waals surface area contributed by atoms with Crippen molar-refractivity contribution in [3.63, 3.8) is 0 Å². The van der Waals surface area contributed by atoms with Crippen molar-refractivity contribution in [1.82, 2.24) is 5.32 Å². The van der Waals surface area contributed by atoms with Gasteiger partial charge in [-0.15, -0.1) is 11.8 Å². The summed E-state index contributed by atoms with van der Waals surface area (Å²) < 4.78 is 12.8. The van der Waals surface area contributed by atoms with Crippen molar-refractivity contribution >= 4 is 40.9 Å². The first-order chi connectivity index (χ1) is 11.5. The zero-order chi connectivity index (χ0) is 17.1. The number of carbonyl (C=O) groups excluding carboxylic acids is 2. The monoisotopic (exact) mass is 364 g/mol. The minimum Gasteiger partial charge on any atom is -0.352 e. The highest BCUT2D eigenvalue weighted by Crippen LogP contribution is 2.38. The smallest absolute Gasteiger partial charge is 0.238 e. The fourth-order valence-electron chi connectivity index (χ4n) is 2.30. The first-order valence-electron chi connectivity index (χ1n) is 7.29. The van der Waals surface area contributed by atoms with Gasteiger partial charge in [0.25, 0.3) is 0 Å². The van der Waals surface area contributed by atoms with E-state index in [-0.39, 0.29) is 24.1 Å². The Morgan fingerprint density at radius 2 is 2.00 bits per heavy atom. The molecule has 0 bridgehead atoms. The topological polar surface area (TPSA) is 58.2 Å². The standard InChI is InChI=1S/C17H14ClFN2O2S/c18-11-3-6-14-13(7-11)21-17(23)15(24-14)8-16(22)20-9-10-1-4-12(19)5-2-10/h1-7,15H,8-9H2,(H,20,22)(H,21,23). The van der Waals surface area contributed by atoms with Crippen molar-refractivity contribution in [2.75, 3.05) is 5.32 Å². The average Bonchev–Trinajstić information content (AvgIpc) is 2.55. The number of rotatable bonds is 4. The highest BCUT2D eigenvalue weighted by atomic mass is 35.5. The van der Waals surface area contributed by atoms with E-state index in [1.807, 2.05) is 6.07 Å². The molecule has 124 valence electrons. The summed E-state index contributed by atoms with van der Waals surface area (Å²) >= 11 is 7.25. The maximum atomic E-state index is 12.8. The van der Waals surface area contributed by atoms with Crippen molar-refractivity contribution in [2.24, 2.45) is 0 Å².